The third-order valence-electron chi connectivity index (χ3n) is 8.50. The smallest absolute Gasteiger partial charge is 0.218 e. The summed E-state index contributed by atoms with van der Waals surface area (Å²) in [6.45, 7) is 6.46. The second-order valence-electron chi connectivity index (χ2n) is 11.7. The van der Waals surface area contributed by atoms with Gasteiger partial charge in [0, 0.05) is 48.2 Å². The molecule has 0 bridgehead atoms. The van der Waals surface area contributed by atoms with E-state index >= 15 is 0 Å². The normalized spacial score (nSPS) is 19.6. The molecule has 2 heterocycles. The molecule has 1 amide bonds. The second kappa shape index (κ2) is 13.2. The molecule has 5 atom stereocenters. The maximum absolute atomic E-state index is 12.1. The number of ether oxygens (including phenoxy) is 2. The van der Waals surface area contributed by atoms with Gasteiger partial charge >= 0.3 is 0 Å². The monoisotopic (exact) mass is 600 g/mol. The second-order valence-corrected chi connectivity index (χ2v) is 15.8. The molecule has 0 aliphatic carbocycles. The molecule has 5 rings (SSSR count). The van der Waals surface area contributed by atoms with Crippen LogP contribution in [0, 0.1) is 5.92 Å². The highest BCUT2D eigenvalue weighted by molar-refractivity contribution is 6.71. The molecular weight excluding hydrogens is 560 g/mol. The zero-order valence-corrected chi connectivity index (χ0v) is 26.1. The lowest BCUT2D eigenvalue weighted by Gasteiger charge is -2.44. The molecule has 1 aromatic heterocycles. The summed E-state index contributed by atoms with van der Waals surface area (Å²) in [5, 5.41) is 18.8. The van der Waals surface area contributed by atoms with Crippen molar-refractivity contribution in [2.24, 2.45) is 5.92 Å². The minimum Gasteiger partial charge on any atom is -0.490 e. The number of fused-ring (bicyclic) bond motifs is 1. The number of nitrogens with zero attached hydrogens (tertiary/aromatic N) is 4. The molecule has 3 aromatic carbocycles. The van der Waals surface area contributed by atoms with Crippen molar-refractivity contribution in [3.63, 3.8) is 0 Å². The van der Waals surface area contributed by atoms with Crippen LogP contribution in [0.3, 0.4) is 0 Å². The van der Waals surface area contributed by atoms with Gasteiger partial charge in [-0.1, -0.05) is 60.7 Å². The molecule has 0 fully saturated rings. The molecule has 4 aromatic rings. The molecule has 2 N–H and O–H groups in total. The Labute approximate surface area is 253 Å². The van der Waals surface area contributed by atoms with Gasteiger partial charge in [-0.15, -0.1) is 5.10 Å². The van der Waals surface area contributed by atoms with E-state index in [2.05, 4.69) is 17.2 Å². The van der Waals surface area contributed by atoms with Crippen LogP contribution in [0.2, 0.25) is 18.6 Å². The van der Waals surface area contributed by atoms with Crippen LogP contribution in [0.1, 0.15) is 42.2 Å². The Kier molecular flexibility index (Phi) is 9.41. The zero-order valence-electron chi connectivity index (χ0n) is 25.1. The van der Waals surface area contributed by atoms with E-state index in [0.29, 0.717) is 24.4 Å². The van der Waals surface area contributed by atoms with Gasteiger partial charge in [-0.2, -0.15) is 0 Å². The van der Waals surface area contributed by atoms with Gasteiger partial charge in [-0.25, -0.2) is 0 Å². The average molecular weight is 601 g/mol. The van der Waals surface area contributed by atoms with Crippen LogP contribution in [0.4, 0.5) is 11.4 Å². The van der Waals surface area contributed by atoms with E-state index in [1.54, 1.807) is 16.7 Å². The Hall–Kier alpha value is -3.83. The van der Waals surface area contributed by atoms with Crippen molar-refractivity contribution < 1.29 is 24.2 Å². The van der Waals surface area contributed by atoms with Crippen LogP contribution in [0.15, 0.2) is 85.1 Å². The molecule has 0 radical (unpaired) electrons. The molecule has 43 heavy (non-hydrogen) atoms. The standard InChI is InChI=1S/C33H40N4O5Si/c1-23-32(41-2)27-19-26(37(22-39)25-13-9-6-10-14-25)15-16-30(27)42-33(23)31(43(3,4)40)17-18-36-20-29(34-35-36)28(21-38)24-11-7-5-8-12-24/h5-16,19-20,22-23,28,31-33,38,40H,17-18,21H2,1-4H3/t23-,28?,31?,32-,33-/m0/s1. The molecule has 0 saturated carbocycles. The first-order valence-electron chi connectivity index (χ1n) is 14.7. The van der Waals surface area contributed by atoms with Gasteiger partial charge in [-0.05, 0) is 55.4 Å². The van der Waals surface area contributed by atoms with Crippen LogP contribution in [-0.2, 0) is 16.1 Å². The van der Waals surface area contributed by atoms with Crippen molar-refractivity contribution in [2.45, 2.75) is 56.7 Å². The zero-order chi connectivity index (χ0) is 30.6. The predicted molar refractivity (Wildman–Crippen MR) is 168 cm³/mol. The number of benzene rings is 3. The van der Waals surface area contributed by atoms with Crippen molar-refractivity contribution in [3.05, 3.63) is 102 Å². The van der Waals surface area contributed by atoms with Crippen molar-refractivity contribution in [1.82, 2.24) is 15.0 Å². The number of aliphatic hydroxyl groups excluding tert-OH is 1. The number of para-hydroxylation sites is 1. The summed E-state index contributed by atoms with van der Waals surface area (Å²) in [4.78, 5) is 25.2. The number of carbonyl (C=O) groups excluding carboxylic acids is 1. The summed E-state index contributed by atoms with van der Waals surface area (Å²) < 4.78 is 14.5. The largest absolute Gasteiger partial charge is 0.490 e. The lowest BCUT2D eigenvalue weighted by Crippen LogP contribution is -2.48. The fourth-order valence-electron chi connectivity index (χ4n) is 6.20. The quantitative estimate of drug-likeness (QED) is 0.165. The third kappa shape index (κ3) is 6.57. The molecule has 9 nitrogen and oxygen atoms in total. The summed E-state index contributed by atoms with van der Waals surface area (Å²) in [6, 6.07) is 25.0. The van der Waals surface area contributed by atoms with E-state index < -0.39 is 8.32 Å². The van der Waals surface area contributed by atoms with Crippen LogP contribution in [0.5, 0.6) is 5.75 Å². The highest BCUT2D eigenvalue weighted by Crippen LogP contribution is 2.48. The van der Waals surface area contributed by atoms with E-state index in [9.17, 15) is 14.7 Å². The Morgan fingerprint density at radius 1 is 1.07 bits per heavy atom. The molecular formula is C33H40N4O5Si. The summed E-state index contributed by atoms with van der Waals surface area (Å²) in [7, 11) is -1.04. The molecule has 2 unspecified atom stereocenters. The SMILES string of the molecule is CO[C@@H]1c2cc(N(C=O)c3ccccc3)ccc2O[C@H](C(CCn2cc(C(CO)c3ccccc3)nn2)[Si](C)(C)O)[C@H]1C. The number of hydrogen-bond donors (Lipinski definition) is 2. The van der Waals surface area contributed by atoms with E-state index in [-0.39, 0.29) is 36.2 Å². The van der Waals surface area contributed by atoms with Gasteiger partial charge in [0.2, 0.25) is 6.41 Å². The van der Waals surface area contributed by atoms with Gasteiger partial charge in [0.1, 0.15) is 11.9 Å². The van der Waals surface area contributed by atoms with Crippen LogP contribution >= 0.6 is 0 Å². The van der Waals surface area contributed by atoms with E-state index in [0.717, 1.165) is 28.9 Å². The lowest BCUT2D eigenvalue weighted by molar-refractivity contribution is -0.106. The predicted octanol–water partition coefficient (Wildman–Crippen LogP) is 5.44. The van der Waals surface area contributed by atoms with Crippen LogP contribution < -0.4 is 9.64 Å². The summed E-state index contributed by atoms with van der Waals surface area (Å²) in [6.07, 6.45) is 2.75. The van der Waals surface area contributed by atoms with Crippen molar-refractivity contribution in [2.75, 3.05) is 18.6 Å². The molecule has 1 aliphatic rings. The summed E-state index contributed by atoms with van der Waals surface area (Å²) in [5.41, 5.74) is 3.93. The number of carbonyl (C=O) groups is 1. The molecule has 0 saturated heterocycles. The van der Waals surface area contributed by atoms with Gasteiger partial charge in [-0.3, -0.25) is 14.4 Å². The van der Waals surface area contributed by atoms with Crippen molar-refractivity contribution >= 4 is 26.1 Å². The highest BCUT2D eigenvalue weighted by Gasteiger charge is 2.46. The average Bonchev–Trinajstić information content (AvgIpc) is 3.47. The number of aromatic nitrogens is 3. The third-order valence-corrected chi connectivity index (χ3v) is 10.9. The van der Waals surface area contributed by atoms with E-state index in [1.165, 1.54) is 0 Å². The molecule has 226 valence electrons. The number of rotatable bonds is 12. The summed E-state index contributed by atoms with van der Waals surface area (Å²) >= 11 is 0. The lowest BCUT2D eigenvalue weighted by atomic mass is 9.86. The first kappa shape index (κ1) is 30.6. The number of amides is 1. The van der Waals surface area contributed by atoms with Crippen molar-refractivity contribution in [1.29, 1.82) is 0 Å². The minimum absolute atomic E-state index is 0.0647. The van der Waals surface area contributed by atoms with Gasteiger partial charge in [0.15, 0.2) is 8.32 Å². The molecule has 1 aliphatic heterocycles. The molecule has 0 spiro atoms. The maximum atomic E-state index is 12.1. The number of methoxy groups -OCH3 is 1. The van der Waals surface area contributed by atoms with Crippen molar-refractivity contribution in [3.8, 4) is 5.75 Å². The summed E-state index contributed by atoms with van der Waals surface area (Å²) in [5.74, 6) is 0.371. The number of aryl methyl sites for hydroxylation is 1. The highest BCUT2D eigenvalue weighted by atomic mass is 28.4. The Morgan fingerprint density at radius 2 is 1.77 bits per heavy atom. The fraction of sp³-hybridized carbons (Fsp3) is 0.364. The van der Waals surface area contributed by atoms with Gasteiger partial charge in [0.05, 0.1) is 24.3 Å². The number of aliphatic hydroxyl groups is 1. The van der Waals surface area contributed by atoms with E-state index in [1.807, 2.05) is 98.2 Å². The Morgan fingerprint density at radius 3 is 2.40 bits per heavy atom. The van der Waals surface area contributed by atoms with Gasteiger partial charge in [0.25, 0.3) is 0 Å². The van der Waals surface area contributed by atoms with E-state index in [4.69, 9.17) is 9.47 Å². The number of hydrogen-bond acceptors (Lipinski definition) is 7. The van der Waals surface area contributed by atoms with Crippen LogP contribution in [-0.4, -0.2) is 59.4 Å². The number of anilines is 2. The topological polar surface area (TPSA) is 110 Å². The maximum Gasteiger partial charge on any atom is 0.218 e. The Balaban J connectivity index is 1.37. The minimum atomic E-state index is -2.72. The first-order valence-corrected chi connectivity index (χ1v) is 17.7. The Bertz CT molecular complexity index is 1490. The first-order chi connectivity index (χ1) is 20.7. The fourth-order valence-corrected chi connectivity index (χ4v) is 8.21. The van der Waals surface area contributed by atoms with Gasteiger partial charge < -0.3 is 19.4 Å². The van der Waals surface area contributed by atoms with Crippen LogP contribution in [0.25, 0.3) is 0 Å². The molecule has 10 heteroatoms.